The van der Waals surface area contributed by atoms with E-state index in [1.807, 2.05) is 31.2 Å². The van der Waals surface area contributed by atoms with Crippen molar-refractivity contribution in [3.05, 3.63) is 52.0 Å². The van der Waals surface area contributed by atoms with Gasteiger partial charge in [0, 0.05) is 36.9 Å². The third-order valence-corrected chi connectivity index (χ3v) is 5.40. The fourth-order valence-corrected chi connectivity index (χ4v) is 3.76. The number of halogens is 2. The Labute approximate surface area is 191 Å². The lowest BCUT2D eigenvalue weighted by molar-refractivity contribution is -0.134. The third kappa shape index (κ3) is 5.74. The molecule has 0 saturated carbocycles. The monoisotopic (exact) mass is 466 g/mol. The molecule has 1 amide bonds. The lowest BCUT2D eigenvalue weighted by atomic mass is 10.2. The smallest absolute Gasteiger partial charge is 0.338 e. The second kappa shape index (κ2) is 10.6. The number of anilines is 1. The molecule has 1 saturated heterocycles. The van der Waals surface area contributed by atoms with Crippen LogP contribution in [0.25, 0.3) is 0 Å². The van der Waals surface area contributed by atoms with Crippen LogP contribution in [-0.2, 0) is 9.53 Å². The number of piperazine rings is 1. The predicted octanol–water partition coefficient (Wildman–Crippen LogP) is 3.91. The van der Waals surface area contributed by atoms with Gasteiger partial charge in [-0.15, -0.1) is 0 Å². The second-order valence-corrected chi connectivity index (χ2v) is 7.69. The molecule has 0 N–H and O–H groups in total. The van der Waals surface area contributed by atoms with E-state index < -0.39 is 5.97 Å². The fraction of sp³-hybridized carbons (Fsp3) is 0.364. The highest BCUT2D eigenvalue weighted by atomic mass is 35.5. The molecule has 0 bridgehead atoms. The number of hydrogen-bond acceptors (Lipinski definition) is 6. The molecule has 9 heteroatoms. The van der Waals surface area contributed by atoms with Gasteiger partial charge in [0.2, 0.25) is 0 Å². The fourth-order valence-electron chi connectivity index (χ4n) is 3.31. The van der Waals surface area contributed by atoms with Gasteiger partial charge in [0.25, 0.3) is 5.91 Å². The van der Waals surface area contributed by atoms with E-state index in [1.165, 1.54) is 19.2 Å². The van der Waals surface area contributed by atoms with Crippen molar-refractivity contribution in [3.8, 4) is 11.5 Å². The number of hydrogen-bond donors (Lipinski definition) is 0. The summed E-state index contributed by atoms with van der Waals surface area (Å²) in [6.07, 6.45) is 0. The number of amides is 1. The van der Waals surface area contributed by atoms with Crippen LogP contribution < -0.4 is 14.4 Å². The normalized spacial score (nSPS) is 13.7. The molecule has 1 fully saturated rings. The molecule has 0 spiro atoms. The van der Waals surface area contributed by atoms with Crippen molar-refractivity contribution in [2.75, 3.05) is 51.4 Å². The Morgan fingerprint density at radius 1 is 1.06 bits per heavy atom. The highest BCUT2D eigenvalue weighted by Gasteiger charge is 2.23. The summed E-state index contributed by atoms with van der Waals surface area (Å²) in [6, 6.07) is 10.5. The van der Waals surface area contributed by atoms with E-state index in [4.69, 9.17) is 37.4 Å². The molecule has 3 rings (SSSR count). The van der Waals surface area contributed by atoms with Crippen molar-refractivity contribution in [3.63, 3.8) is 0 Å². The summed E-state index contributed by atoms with van der Waals surface area (Å²) in [5.74, 6) is -0.223. The van der Waals surface area contributed by atoms with Gasteiger partial charge < -0.3 is 24.0 Å². The highest BCUT2D eigenvalue weighted by molar-refractivity contribution is 6.32. The van der Waals surface area contributed by atoms with Crippen LogP contribution >= 0.6 is 23.2 Å². The maximum absolute atomic E-state index is 12.5. The summed E-state index contributed by atoms with van der Waals surface area (Å²) in [7, 11) is 1.45. The minimum absolute atomic E-state index is 0.184. The Morgan fingerprint density at radius 3 is 2.45 bits per heavy atom. The van der Waals surface area contributed by atoms with Gasteiger partial charge in [-0.2, -0.15) is 0 Å². The zero-order valence-electron chi connectivity index (χ0n) is 17.4. The van der Waals surface area contributed by atoms with Gasteiger partial charge in [-0.05, 0) is 37.3 Å². The van der Waals surface area contributed by atoms with Crippen molar-refractivity contribution < 1.29 is 23.8 Å². The van der Waals surface area contributed by atoms with Crippen molar-refractivity contribution >= 4 is 40.8 Å². The molecule has 0 aliphatic carbocycles. The number of carbonyl (C=O) groups excluding carboxylic acids is 2. The van der Waals surface area contributed by atoms with Crippen molar-refractivity contribution in [1.82, 2.24) is 4.90 Å². The number of carbonyl (C=O) groups is 2. The third-order valence-electron chi connectivity index (χ3n) is 4.89. The Morgan fingerprint density at radius 2 is 1.81 bits per heavy atom. The number of rotatable bonds is 7. The molecule has 2 aromatic rings. The molecule has 0 unspecified atom stereocenters. The molecular weight excluding hydrogens is 443 g/mol. The molecular formula is C22H24Cl2N2O5. The average molecular weight is 467 g/mol. The number of benzene rings is 2. The molecule has 0 aromatic heterocycles. The van der Waals surface area contributed by atoms with Crippen LogP contribution in [-0.4, -0.2) is 63.3 Å². The molecule has 1 heterocycles. The van der Waals surface area contributed by atoms with Crippen molar-refractivity contribution in [2.24, 2.45) is 0 Å². The van der Waals surface area contributed by atoms with Crippen LogP contribution in [0.3, 0.4) is 0 Å². The number of methoxy groups -OCH3 is 1. The SMILES string of the molecule is CCOc1c(Cl)cc(C(=O)OCC(=O)N2CCN(c3cccc(Cl)c3)CC2)cc1OC. The second-order valence-electron chi connectivity index (χ2n) is 6.85. The topological polar surface area (TPSA) is 68.3 Å². The van der Waals surface area contributed by atoms with Gasteiger partial charge in [-0.1, -0.05) is 29.3 Å². The van der Waals surface area contributed by atoms with E-state index in [2.05, 4.69) is 4.90 Å². The molecule has 1 aliphatic heterocycles. The van der Waals surface area contributed by atoms with Crippen LogP contribution in [0.2, 0.25) is 10.0 Å². The summed E-state index contributed by atoms with van der Waals surface area (Å²) in [4.78, 5) is 28.8. The minimum atomic E-state index is -0.658. The van der Waals surface area contributed by atoms with Gasteiger partial charge in [-0.25, -0.2) is 4.79 Å². The summed E-state index contributed by atoms with van der Waals surface area (Å²) < 4.78 is 15.9. The predicted molar refractivity (Wildman–Crippen MR) is 120 cm³/mol. The zero-order chi connectivity index (χ0) is 22.4. The van der Waals surface area contributed by atoms with Gasteiger partial charge >= 0.3 is 5.97 Å². The van der Waals surface area contributed by atoms with E-state index in [-0.39, 0.29) is 23.1 Å². The number of esters is 1. The summed E-state index contributed by atoms with van der Waals surface area (Å²) in [5.41, 5.74) is 1.20. The summed E-state index contributed by atoms with van der Waals surface area (Å²) in [5, 5.41) is 0.908. The highest BCUT2D eigenvalue weighted by Crippen LogP contribution is 2.36. The first-order valence-corrected chi connectivity index (χ1v) is 10.6. The minimum Gasteiger partial charge on any atom is -0.493 e. The molecule has 166 valence electrons. The largest absolute Gasteiger partial charge is 0.493 e. The summed E-state index contributed by atoms with van der Waals surface area (Å²) >= 11 is 12.2. The molecule has 0 atom stereocenters. The first-order chi connectivity index (χ1) is 14.9. The van der Waals surface area contributed by atoms with Gasteiger partial charge in [0.15, 0.2) is 18.1 Å². The number of ether oxygens (including phenoxy) is 3. The molecule has 0 radical (unpaired) electrons. The van der Waals surface area contributed by atoms with E-state index in [0.717, 1.165) is 5.69 Å². The Hall–Kier alpha value is -2.64. The van der Waals surface area contributed by atoms with Crippen molar-refractivity contribution in [2.45, 2.75) is 6.92 Å². The first kappa shape index (κ1) is 23.0. The summed E-state index contributed by atoms with van der Waals surface area (Å²) in [6.45, 7) is 4.29. The van der Waals surface area contributed by atoms with Gasteiger partial charge in [0.1, 0.15) is 0 Å². The van der Waals surface area contributed by atoms with Crippen LogP contribution in [0.4, 0.5) is 5.69 Å². The quantitative estimate of drug-likeness (QED) is 0.576. The maximum Gasteiger partial charge on any atom is 0.338 e. The molecule has 2 aromatic carbocycles. The van der Waals surface area contributed by atoms with Crippen LogP contribution in [0.5, 0.6) is 11.5 Å². The van der Waals surface area contributed by atoms with Crippen molar-refractivity contribution in [1.29, 1.82) is 0 Å². The van der Waals surface area contributed by atoms with E-state index in [0.29, 0.717) is 49.3 Å². The first-order valence-electron chi connectivity index (χ1n) is 9.88. The lowest BCUT2D eigenvalue weighted by Gasteiger charge is -2.36. The average Bonchev–Trinajstić information content (AvgIpc) is 2.78. The number of nitrogens with zero attached hydrogens (tertiary/aromatic N) is 2. The van der Waals surface area contributed by atoms with Crippen LogP contribution in [0.1, 0.15) is 17.3 Å². The van der Waals surface area contributed by atoms with E-state index in [1.54, 1.807) is 4.90 Å². The van der Waals surface area contributed by atoms with E-state index in [9.17, 15) is 9.59 Å². The van der Waals surface area contributed by atoms with Crippen LogP contribution in [0.15, 0.2) is 36.4 Å². The molecule has 7 nitrogen and oxygen atoms in total. The zero-order valence-corrected chi connectivity index (χ0v) is 18.9. The van der Waals surface area contributed by atoms with Gasteiger partial charge in [0.05, 0.1) is 24.3 Å². The maximum atomic E-state index is 12.5. The van der Waals surface area contributed by atoms with E-state index >= 15 is 0 Å². The standard InChI is InChI=1S/C22H24Cl2N2O5/c1-3-30-21-18(24)11-15(12-19(21)29-2)22(28)31-14-20(27)26-9-7-25(8-10-26)17-6-4-5-16(23)13-17/h4-6,11-13H,3,7-10,14H2,1-2H3. The Bertz CT molecular complexity index is 945. The molecule has 31 heavy (non-hydrogen) atoms. The molecule has 1 aliphatic rings. The van der Waals surface area contributed by atoms with Gasteiger partial charge in [-0.3, -0.25) is 4.79 Å². The Kier molecular flexibility index (Phi) is 7.87. The van der Waals surface area contributed by atoms with Crippen LogP contribution in [0, 0.1) is 0 Å². The lowest BCUT2D eigenvalue weighted by Crippen LogP contribution is -2.49. The Balaban J connectivity index is 1.54.